The Morgan fingerprint density at radius 3 is 2.35 bits per heavy atom. The van der Waals surface area contributed by atoms with Gasteiger partial charge in [0.2, 0.25) is 5.91 Å². The first-order valence-electron chi connectivity index (χ1n) is 8.43. The number of carbonyl (C=O) groups is 1. The van der Waals surface area contributed by atoms with Crippen LogP contribution in [0.25, 0.3) is 0 Å². The topological polar surface area (TPSA) is 72.5 Å². The van der Waals surface area contributed by atoms with E-state index in [4.69, 9.17) is 4.74 Å². The van der Waals surface area contributed by atoms with Gasteiger partial charge in [0, 0.05) is 12.7 Å². The molecule has 1 atom stereocenters. The number of hydrogen-bond acceptors (Lipinski definition) is 4. The molecule has 0 aliphatic heterocycles. The summed E-state index contributed by atoms with van der Waals surface area (Å²) in [5.41, 5.74) is 3.00. The third kappa shape index (κ3) is 5.33. The number of benzene rings is 2. The average Bonchev–Trinajstić information content (AvgIpc) is 2.59. The molecule has 0 saturated heterocycles. The predicted molar refractivity (Wildman–Crippen MR) is 102 cm³/mol. The summed E-state index contributed by atoms with van der Waals surface area (Å²) in [7, 11) is -1.57. The highest BCUT2D eigenvalue weighted by molar-refractivity contribution is 7.90. The van der Waals surface area contributed by atoms with E-state index in [1.54, 1.807) is 31.4 Å². The summed E-state index contributed by atoms with van der Waals surface area (Å²) in [6, 6.07) is 12.3. The predicted octanol–water partition coefficient (Wildman–Crippen LogP) is 3.22. The molecule has 140 valence electrons. The number of amides is 1. The summed E-state index contributed by atoms with van der Waals surface area (Å²) in [6.45, 7) is 3.86. The van der Waals surface area contributed by atoms with E-state index in [9.17, 15) is 13.2 Å². The van der Waals surface area contributed by atoms with Gasteiger partial charge in [-0.2, -0.15) is 0 Å². The van der Waals surface area contributed by atoms with Gasteiger partial charge in [-0.25, -0.2) is 8.42 Å². The monoisotopic (exact) mass is 375 g/mol. The van der Waals surface area contributed by atoms with E-state index in [2.05, 4.69) is 5.32 Å². The van der Waals surface area contributed by atoms with Crippen molar-refractivity contribution in [1.82, 2.24) is 5.32 Å². The van der Waals surface area contributed by atoms with Crippen LogP contribution in [0, 0.1) is 6.92 Å². The van der Waals surface area contributed by atoms with Crippen molar-refractivity contribution in [3.63, 3.8) is 0 Å². The fourth-order valence-corrected chi connectivity index (χ4v) is 3.39. The minimum atomic E-state index is -3.21. The van der Waals surface area contributed by atoms with E-state index in [1.165, 1.54) is 6.26 Å². The number of rotatable bonds is 7. The van der Waals surface area contributed by atoms with E-state index >= 15 is 0 Å². The molecule has 26 heavy (non-hydrogen) atoms. The molecule has 0 saturated carbocycles. The van der Waals surface area contributed by atoms with Gasteiger partial charge in [0.1, 0.15) is 5.75 Å². The number of hydrogen-bond donors (Lipinski definition) is 1. The Bertz CT molecular complexity index is 873. The number of methoxy groups -OCH3 is 1. The summed E-state index contributed by atoms with van der Waals surface area (Å²) < 4.78 is 28.2. The Balaban J connectivity index is 1.91. The third-order valence-electron chi connectivity index (χ3n) is 4.29. The summed E-state index contributed by atoms with van der Waals surface area (Å²) in [5, 5.41) is 2.95. The fourth-order valence-electron chi connectivity index (χ4n) is 2.75. The minimum absolute atomic E-state index is 0.0434. The number of sulfone groups is 1. The quantitative estimate of drug-likeness (QED) is 0.806. The lowest BCUT2D eigenvalue weighted by molar-refractivity contribution is -0.121. The first kappa shape index (κ1) is 20.0. The van der Waals surface area contributed by atoms with Gasteiger partial charge in [-0.05, 0) is 55.2 Å². The molecule has 0 bridgehead atoms. The van der Waals surface area contributed by atoms with Gasteiger partial charge in [-0.1, -0.05) is 24.3 Å². The SMILES string of the molecule is COc1ccc(CCC(=O)N[C@@H](C)c2ccc(S(C)(=O)=O)cc2)cc1C. The van der Waals surface area contributed by atoms with Crippen molar-refractivity contribution >= 4 is 15.7 Å². The number of ether oxygens (including phenoxy) is 1. The molecule has 1 N–H and O–H groups in total. The van der Waals surface area contributed by atoms with Crippen molar-refractivity contribution in [2.45, 2.75) is 37.6 Å². The van der Waals surface area contributed by atoms with Crippen molar-refractivity contribution in [2.24, 2.45) is 0 Å². The van der Waals surface area contributed by atoms with Crippen LogP contribution in [0.2, 0.25) is 0 Å². The Kier molecular flexibility index (Phi) is 6.42. The van der Waals surface area contributed by atoms with Gasteiger partial charge in [-0.3, -0.25) is 4.79 Å². The van der Waals surface area contributed by atoms with E-state index in [0.717, 1.165) is 22.4 Å². The Morgan fingerprint density at radius 1 is 1.15 bits per heavy atom. The maximum absolute atomic E-state index is 12.2. The van der Waals surface area contributed by atoms with Crippen LogP contribution in [-0.4, -0.2) is 27.7 Å². The molecule has 6 heteroatoms. The molecule has 0 radical (unpaired) electrons. The summed E-state index contributed by atoms with van der Waals surface area (Å²) in [6.07, 6.45) is 2.21. The van der Waals surface area contributed by atoms with Crippen molar-refractivity contribution in [1.29, 1.82) is 0 Å². The Morgan fingerprint density at radius 2 is 1.81 bits per heavy atom. The standard InChI is InChI=1S/C20H25NO4S/c1-14-13-16(5-11-19(14)25-3)6-12-20(22)21-15(2)17-7-9-18(10-8-17)26(4,23)24/h5,7-11,13,15H,6,12H2,1-4H3,(H,21,22)/t15-/m0/s1. The maximum atomic E-state index is 12.2. The van der Waals surface area contributed by atoms with Crippen molar-refractivity contribution in [3.8, 4) is 5.75 Å². The molecule has 2 aromatic carbocycles. The van der Waals surface area contributed by atoms with E-state index in [1.807, 2.05) is 32.0 Å². The van der Waals surface area contributed by atoms with Crippen LogP contribution < -0.4 is 10.1 Å². The first-order valence-corrected chi connectivity index (χ1v) is 10.3. The molecule has 5 nitrogen and oxygen atoms in total. The van der Waals surface area contributed by atoms with Gasteiger partial charge >= 0.3 is 0 Å². The molecular weight excluding hydrogens is 350 g/mol. The lowest BCUT2D eigenvalue weighted by Gasteiger charge is -2.15. The second kappa shape index (κ2) is 8.36. The average molecular weight is 375 g/mol. The number of aryl methyl sites for hydroxylation is 2. The third-order valence-corrected chi connectivity index (χ3v) is 5.41. The van der Waals surface area contributed by atoms with Crippen LogP contribution in [0.3, 0.4) is 0 Å². The molecule has 0 unspecified atom stereocenters. The normalized spacial score (nSPS) is 12.5. The van der Waals surface area contributed by atoms with Crippen LogP contribution in [0.4, 0.5) is 0 Å². The molecule has 0 spiro atoms. The van der Waals surface area contributed by atoms with Crippen LogP contribution in [-0.2, 0) is 21.1 Å². The summed E-state index contributed by atoms with van der Waals surface area (Å²) in [4.78, 5) is 12.5. The van der Waals surface area contributed by atoms with Gasteiger partial charge in [0.05, 0.1) is 18.0 Å². The zero-order valence-electron chi connectivity index (χ0n) is 15.6. The fraction of sp³-hybridized carbons (Fsp3) is 0.350. The van der Waals surface area contributed by atoms with Crippen molar-refractivity contribution in [2.75, 3.05) is 13.4 Å². The van der Waals surface area contributed by atoms with Gasteiger partial charge in [0.25, 0.3) is 0 Å². The zero-order valence-corrected chi connectivity index (χ0v) is 16.4. The number of carbonyl (C=O) groups excluding carboxylic acids is 1. The summed E-state index contributed by atoms with van der Waals surface area (Å²) >= 11 is 0. The molecule has 0 fully saturated rings. The lowest BCUT2D eigenvalue weighted by Crippen LogP contribution is -2.26. The highest BCUT2D eigenvalue weighted by Gasteiger charge is 2.12. The minimum Gasteiger partial charge on any atom is -0.496 e. The van der Waals surface area contributed by atoms with E-state index < -0.39 is 9.84 Å². The smallest absolute Gasteiger partial charge is 0.220 e. The molecule has 0 heterocycles. The van der Waals surface area contributed by atoms with Gasteiger partial charge in [0.15, 0.2) is 9.84 Å². The summed E-state index contributed by atoms with van der Waals surface area (Å²) in [5.74, 6) is 0.794. The molecular formula is C20H25NO4S. The molecule has 0 aromatic heterocycles. The highest BCUT2D eigenvalue weighted by atomic mass is 32.2. The Hall–Kier alpha value is -2.34. The lowest BCUT2D eigenvalue weighted by atomic mass is 10.1. The molecule has 2 aromatic rings. The van der Waals surface area contributed by atoms with E-state index in [-0.39, 0.29) is 16.8 Å². The molecule has 1 amide bonds. The van der Waals surface area contributed by atoms with Crippen LogP contribution in [0.1, 0.15) is 36.1 Å². The van der Waals surface area contributed by atoms with Crippen molar-refractivity contribution in [3.05, 3.63) is 59.2 Å². The zero-order chi connectivity index (χ0) is 19.3. The van der Waals surface area contributed by atoms with Crippen LogP contribution >= 0.6 is 0 Å². The first-order chi connectivity index (χ1) is 12.2. The van der Waals surface area contributed by atoms with Crippen LogP contribution in [0.5, 0.6) is 5.75 Å². The molecule has 0 aliphatic rings. The van der Waals surface area contributed by atoms with Gasteiger partial charge in [-0.15, -0.1) is 0 Å². The maximum Gasteiger partial charge on any atom is 0.220 e. The van der Waals surface area contributed by atoms with Gasteiger partial charge < -0.3 is 10.1 Å². The molecule has 2 rings (SSSR count). The largest absolute Gasteiger partial charge is 0.496 e. The van der Waals surface area contributed by atoms with Crippen molar-refractivity contribution < 1.29 is 17.9 Å². The van der Waals surface area contributed by atoms with E-state index in [0.29, 0.717) is 12.8 Å². The van der Waals surface area contributed by atoms with Crippen LogP contribution in [0.15, 0.2) is 47.4 Å². The Labute approximate surface area is 155 Å². The second-order valence-corrected chi connectivity index (χ2v) is 8.45. The molecule has 0 aliphatic carbocycles. The second-order valence-electron chi connectivity index (χ2n) is 6.43. The number of nitrogens with one attached hydrogen (secondary N) is 1. The highest BCUT2D eigenvalue weighted by Crippen LogP contribution is 2.20.